The van der Waals surface area contributed by atoms with Crippen LogP contribution in [0.2, 0.25) is 5.02 Å². The van der Waals surface area contributed by atoms with Gasteiger partial charge in [-0.15, -0.1) is 0 Å². The van der Waals surface area contributed by atoms with Crippen molar-refractivity contribution in [2.24, 2.45) is 5.92 Å². The molecule has 0 radical (unpaired) electrons. The average Bonchev–Trinajstić information content (AvgIpc) is 3.39. The summed E-state index contributed by atoms with van der Waals surface area (Å²) in [5, 5.41) is 7.64. The van der Waals surface area contributed by atoms with Gasteiger partial charge in [0.1, 0.15) is 11.5 Å². The molecule has 1 fully saturated rings. The zero-order valence-corrected chi connectivity index (χ0v) is 23.0. The van der Waals surface area contributed by atoms with Crippen LogP contribution in [0.3, 0.4) is 0 Å². The molecule has 8 nitrogen and oxygen atoms in total. The van der Waals surface area contributed by atoms with Gasteiger partial charge in [0.05, 0.1) is 19.3 Å². The number of carbonyl (C=O) groups is 1. The standard InChI is InChI=1S/C28H26BrClN4O4/c1-36-22-6-3-7-23(16-22)37-25-9-8-21(30)15-24(25)31-28(35)18-10-12-34(13-11-18)17-26-32-27(33-38-26)19-4-2-5-20(29)14-19/h2-9,14-16,18H,10-13,17H2,1H3,(H,31,35). The maximum atomic E-state index is 13.1. The second kappa shape index (κ2) is 12.0. The lowest BCUT2D eigenvalue weighted by molar-refractivity contribution is -0.121. The third-order valence-corrected chi connectivity index (χ3v) is 7.06. The third-order valence-electron chi connectivity index (χ3n) is 6.34. The Morgan fingerprint density at radius 1 is 1.11 bits per heavy atom. The van der Waals surface area contributed by atoms with Gasteiger partial charge in [0.15, 0.2) is 5.75 Å². The van der Waals surface area contributed by atoms with Crippen molar-refractivity contribution in [2.45, 2.75) is 19.4 Å². The molecule has 4 aromatic rings. The molecule has 0 saturated carbocycles. The van der Waals surface area contributed by atoms with Crippen LogP contribution in [0.25, 0.3) is 11.4 Å². The van der Waals surface area contributed by atoms with E-state index in [1.165, 1.54) is 0 Å². The van der Waals surface area contributed by atoms with Gasteiger partial charge in [-0.05, 0) is 68.4 Å². The van der Waals surface area contributed by atoms with E-state index >= 15 is 0 Å². The van der Waals surface area contributed by atoms with Crippen LogP contribution in [0, 0.1) is 5.92 Å². The van der Waals surface area contributed by atoms with E-state index in [9.17, 15) is 4.79 Å². The summed E-state index contributed by atoms with van der Waals surface area (Å²) in [7, 11) is 1.60. The lowest BCUT2D eigenvalue weighted by atomic mass is 9.96. The maximum absolute atomic E-state index is 13.1. The number of nitrogens with zero attached hydrogens (tertiary/aromatic N) is 3. The molecule has 1 saturated heterocycles. The molecule has 0 unspecified atom stereocenters. The number of benzene rings is 3. The van der Waals surface area contributed by atoms with Gasteiger partial charge >= 0.3 is 0 Å². The summed E-state index contributed by atoms with van der Waals surface area (Å²) in [4.78, 5) is 19.9. The lowest BCUT2D eigenvalue weighted by Gasteiger charge is -2.30. The maximum Gasteiger partial charge on any atom is 0.241 e. The smallest absolute Gasteiger partial charge is 0.241 e. The third kappa shape index (κ3) is 6.53. The number of hydrogen-bond donors (Lipinski definition) is 1. The Morgan fingerprint density at radius 3 is 2.68 bits per heavy atom. The fourth-order valence-electron chi connectivity index (χ4n) is 4.32. The Labute approximate surface area is 234 Å². The van der Waals surface area contributed by atoms with E-state index in [0.717, 1.165) is 23.1 Å². The normalized spacial score (nSPS) is 14.3. The van der Waals surface area contributed by atoms with E-state index in [2.05, 4.69) is 36.3 Å². The summed E-state index contributed by atoms with van der Waals surface area (Å²) < 4.78 is 17.7. The van der Waals surface area contributed by atoms with E-state index in [0.29, 0.717) is 59.1 Å². The highest BCUT2D eigenvalue weighted by Gasteiger charge is 2.27. The van der Waals surface area contributed by atoms with Gasteiger partial charge in [-0.2, -0.15) is 4.98 Å². The first-order valence-electron chi connectivity index (χ1n) is 12.2. The van der Waals surface area contributed by atoms with Gasteiger partial charge in [0.25, 0.3) is 0 Å². The van der Waals surface area contributed by atoms with E-state index in [-0.39, 0.29) is 11.8 Å². The number of rotatable bonds is 8. The summed E-state index contributed by atoms with van der Waals surface area (Å²) in [5.41, 5.74) is 1.42. The van der Waals surface area contributed by atoms with Gasteiger partial charge in [-0.3, -0.25) is 9.69 Å². The molecule has 10 heteroatoms. The number of nitrogens with one attached hydrogen (secondary N) is 1. The number of amides is 1. The van der Waals surface area contributed by atoms with Crippen LogP contribution in [-0.2, 0) is 11.3 Å². The topological polar surface area (TPSA) is 89.7 Å². The number of ether oxygens (including phenoxy) is 2. The molecule has 1 aliphatic rings. The Morgan fingerprint density at radius 2 is 1.89 bits per heavy atom. The first-order valence-corrected chi connectivity index (χ1v) is 13.4. The number of likely N-dealkylation sites (tertiary alicyclic amines) is 1. The van der Waals surface area contributed by atoms with Gasteiger partial charge in [0.2, 0.25) is 17.6 Å². The van der Waals surface area contributed by atoms with Crippen LogP contribution in [-0.4, -0.2) is 41.1 Å². The van der Waals surface area contributed by atoms with Gasteiger partial charge in [0, 0.05) is 27.0 Å². The van der Waals surface area contributed by atoms with Crippen LogP contribution < -0.4 is 14.8 Å². The van der Waals surface area contributed by atoms with Crippen molar-refractivity contribution >= 4 is 39.1 Å². The minimum absolute atomic E-state index is 0.0582. The monoisotopic (exact) mass is 596 g/mol. The first-order chi connectivity index (χ1) is 18.5. The van der Waals surface area contributed by atoms with Crippen molar-refractivity contribution in [3.63, 3.8) is 0 Å². The number of methoxy groups -OCH3 is 1. The molecule has 0 atom stereocenters. The van der Waals surface area contributed by atoms with Crippen molar-refractivity contribution in [1.82, 2.24) is 15.0 Å². The molecule has 3 aromatic carbocycles. The Bertz CT molecular complexity index is 1420. The quantitative estimate of drug-likeness (QED) is 0.239. The summed E-state index contributed by atoms with van der Waals surface area (Å²) in [5.74, 6) is 2.71. The lowest BCUT2D eigenvalue weighted by Crippen LogP contribution is -2.37. The molecule has 0 aliphatic carbocycles. The van der Waals surface area contributed by atoms with Crippen LogP contribution in [0.15, 0.2) is 75.7 Å². The van der Waals surface area contributed by atoms with Crippen molar-refractivity contribution in [1.29, 1.82) is 0 Å². The molecule has 0 spiro atoms. The summed E-state index contributed by atoms with van der Waals surface area (Å²) in [6.07, 6.45) is 1.43. The highest BCUT2D eigenvalue weighted by atomic mass is 79.9. The number of aromatic nitrogens is 2. The summed E-state index contributed by atoms with van der Waals surface area (Å²) >= 11 is 9.69. The summed E-state index contributed by atoms with van der Waals surface area (Å²) in [6.45, 7) is 2.03. The van der Waals surface area contributed by atoms with Crippen molar-refractivity contribution in [2.75, 3.05) is 25.5 Å². The van der Waals surface area contributed by atoms with Crippen LogP contribution >= 0.6 is 27.5 Å². The van der Waals surface area contributed by atoms with E-state index in [4.69, 9.17) is 25.6 Å². The summed E-state index contributed by atoms with van der Waals surface area (Å²) in [6, 6.07) is 20.2. The van der Waals surface area contributed by atoms with Crippen molar-refractivity contribution < 1.29 is 18.8 Å². The number of carbonyl (C=O) groups excluding carboxylic acids is 1. The molecule has 1 aliphatic heterocycles. The first kappa shape index (κ1) is 26.2. The molecular weight excluding hydrogens is 572 g/mol. The Balaban J connectivity index is 1.17. The van der Waals surface area contributed by atoms with Gasteiger partial charge < -0.3 is 19.3 Å². The van der Waals surface area contributed by atoms with Crippen LogP contribution in [0.4, 0.5) is 5.69 Å². The molecule has 0 bridgehead atoms. The number of anilines is 1. The van der Waals surface area contributed by atoms with Crippen LogP contribution in [0.1, 0.15) is 18.7 Å². The van der Waals surface area contributed by atoms with Gasteiger partial charge in [-0.25, -0.2) is 0 Å². The highest BCUT2D eigenvalue weighted by Crippen LogP contribution is 2.34. The SMILES string of the molecule is COc1cccc(Oc2ccc(Cl)cc2NC(=O)C2CCN(Cc3nc(-c4cccc(Br)c4)no3)CC2)c1. The zero-order valence-electron chi connectivity index (χ0n) is 20.7. The molecule has 1 amide bonds. The fraction of sp³-hybridized carbons (Fsp3) is 0.250. The largest absolute Gasteiger partial charge is 0.497 e. The molecule has 1 aromatic heterocycles. The minimum Gasteiger partial charge on any atom is -0.497 e. The van der Waals surface area contributed by atoms with Gasteiger partial charge in [-0.1, -0.05) is 50.9 Å². The molecular formula is C28H26BrClN4O4. The molecule has 5 rings (SSSR count). The van der Waals surface area contributed by atoms with E-state index in [1.807, 2.05) is 42.5 Å². The molecule has 1 N–H and O–H groups in total. The molecule has 196 valence electrons. The van der Waals surface area contributed by atoms with E-state index in [1.54, 1.807) is 31.4 Å². The number of piperidine rings is 1. The second-order valence-corrected chi connectivity index (χ2v) is 10.3. The number of hydrogen-bond acceptors (Lipinski definition) is 7. The van der Waals surface area contributed by atoms with Crippen molar-refractivity contribution in [3.05, 3.63) is 82.1 Å². The van der Waals surface area contributed by atoms with E-state index < -0.39 is 0 Å². The molecule has 38 heavy (non-hydrogen) atoms. The Hall–Kier alpha value is -3.40. The molecule has 2 heterocycles. The number of halogens is 2. The van der Waals surface area contributed by atoms with Crippen molar-refractivity contribution in [3.8, 4) is 28.6 Å². The minimum atomic E-state index is -0.130. The zero-order chi connectivity index (χ0) is 26.5. The predicted molar refractivity (Wildman–Crippen MR) is 149 cm³/mol. The highest BCUT2D eigenvalue weighted by molar-refractivity contribution is 9.10. The Kier molecular flexibility index (Phi) is 8.26. The second-order valence-electron chi connectivity index (χ2n) is 8.98. The fourth-order valence-corrected chi connectivity index (χ4v) is 4.90. The average molecular weight is 598 g/mol. The van der Waals surface area contributed by atoms with Crippen LogP contribution in [0.5, 0.6) is 17.2 Å². The predicted octanol–water partition coefficient (Wildman–Crippen LogP) is 6.80.